The number of halogens is 1. The third kappa shape index (κ3) is 3.98. The predicted octanol–water partition coefficient (Wildman–Crippen LogP) is 4.60. The summed E-state index contributed by atoms with van der Waals surface area (Å²) in [7, 11) is 2.14. The quantitative estimate of drug-likeness (QED) is 0.717. The summed E-state index contributed by atoms with van der Waals surface area (Å²) >= 11 is 0. The molecule has 1 aliphatic heterocycles. The molecule has 0 spiro atoms. The predicted molar refractivity (Wildman–Crippen MR) is 110 cm³/mol. The standard InChI is InChI=1S/C22H27FN4/c1-16-14-20-21(15-19(16)23)25-22(24-20)17-6-8-18(9-7-17)26(2)12-13-27-10-4-3-5-11-27/h6-9,14-15H,3-5,10-13H2,1-2H3,(H,24,25). The molecular formula is C22H27FN4. The number of H-pyrrole nitrogens is 1. The summed E-state index contributed by atoms with van der Waals surface area (Å²) in [5.41, 5.74) is 4.37. The second kappa shape index (κ2) is 7.69. The number of aromatic nitrogens is 2. The van der Waals surface area contributed by atoms with Crippen molar-refractivity contribution in [3.63, 3.8) is 0 Å². The zero-order chi connectivity index (χ0) is 18.8. The number of aromatic amines is 1. The largest absolute Gasteiger partial charge is 0.373 e. The van der Waals surface area contributed by atoms with Crippen molar-refractivity contribution in [2.24, 2.45) is 0 Å². The van der Waals surface area contributed by atoms with Crippen LogP contribution in [0.1, 0.15) is 24.8 Å². The SMILES string of the molecule is Cc1cc2[nH]c(-c3ccc(N(C)CCN4CCCCC4)cc3)nc2cc1F. The number of fused-ring (bicyclic) bond motifs is 1. The van der Waals surface area contributed by atoms with Crippen LogP contribution in [-0.4, -0.2) is 48.1 Å². The van der Waals surface area contributed by atoms with E-state index in [1.807, 2.05) is 6.07 Å². The van der Waals surface area contributed by atoms with Crippen LogP contribution in [0.2, 0.25) is 0 Å². The molecule has 0 radical (unpaired) electrons. The molecule has 5 heteroatoms. The Morgan fingerprint density at radius 2 is 1.85 bits per heavy atom. The number of rotatable bonds is 5. The number of hydrogen-bond donors (Lipinski definition) is 1. The molecule has 0 unspecified atom stereocenters. The van der Waals surface area contributed by atoms with Gasteiger partial charge in [-0.15, -0.1) is 0 Å². The van der Waals surface area contributed by atoms with Gasteiger partial charge in [0.1, 0.15) is 11.6 Å². The number of imidazole rings is 1. The van der Waals surface area contributed by atoms with Gasteiger partial charge in [-0.05, 0) is 68.8 Å². The molecule has 142 valence electrons. The molecule has 0 bridgehead atoms. The van der Waals surface area contributed by atoms with E-state index < -0.39 is 0 Å². The van der Waals surface area contributed by atoms with Gasteiger partial charge in [-0.3, -0.25) is 0 Å². The van der Waals surface area contributed by atoms with Gasteiger partial charge in [0, 0.05) is 37.5 Å². The zero-order valence-electron chi connectivity index (χ0n) is 16.1. The molecular weight excluding hydrogens is 339 g/mol. The van der Waals surface area contributed by atoms with E-state index in [1.54, 1.807) is 6.92 Å². The van der Waals surface area contributed by atoms with Gasteiger partial charge < -0.3 is 14.8 Å². The van der Waals surface area contributed by atoms with Crippen LogP contribution in [0.25, 0.3) is 22.4 Å². The molecule has 1 aliphatic rings. The van der Waals surface area contributed by atoms with E-state index in [9.17, 15) is 4.39 Å². The average Bonchev–Trinajstić information content (AvgIpc) is 3.10. The van der Waals surface area contributed by atoms with Crippen molar-refractivity contribution in [2.45, 2.75) is 26.2 Å². The maximum absolute atomic E-state index is 13.7. The van der Waals surface area contributed by atoms with Crippen molar-refractivity contribution >= 4 is 16.7 Å². The lowest BCUT2D eigenvalue weighted by molar-refractivity contribution is 0.234. The highest BCUT2D eigenvalue weighted by atomic mass is 19.1. The third-order valence-corrected chi connectivity index (χ3v) is 5.54. The van der Waals surface area contributed by atoms with Crippen LogP contribution in [0.15, 0.2) is 36.4 Å². The van der Waals surface area contributed by atoms with Crippen LogP contribution in [0.3, 0.4) is 0 Å². The molecule has 0 aliphatic carbocycles. The van der Waals surface area contributed by atoms with E-state index in [0.717, 1.165) is 30.0 Å². The summed E-state index contributed by atoms with van der Waals surface area (Å²) in [6.07, 6.45) is 4.04. The lowest BCUT2D eigenvalue weighted by Crippen LogP contribution is -2.36. The number of piperidine rings is 1. The third-order valence-electron chi connectivity index (χ3n) is 5.54. The molecule has 4 rings (SSSR count). The first-order valence-corrected chi connectivity index (χ1v) is 9.80. The van der Waals surface area contributed by atoms with Crippen LogP contribution < -0.4 is 4.90 Å². The Labute approximate surface area is 160 Å². The minimum absolute atomic E-state index is 0.216. The first kappa shape index (κ1) is 18.0. The first-order valence-electron chi connectivity index (χ1n) is 9.80. The fourth-order valence-electron chi connectivity index (χ4n) is 3.75. The minimum Gasteiger partial charge on any atom is -0.373 e. The molecule has 1 N–H and O–H groups in total. The van der Waals surface area contributed by atoms with Crippen LogP contribution >= 0.6 is 0 Å². The molecule has 27 heavy (non-hydrogen) atoms. The highest BCUT2D eigenvalue weighted by Crippen LogP contribution is 2.24. The van der Waals surface area contributed by atoms with Gasteiger partial charge >= 0.3 is 0 Å². The molecule has 0 amide bonds. The molecule has 1 aromatic heterocycles. The zero-order valence-corrected chi connectivity index (χ0v) is 16.1. The Hall–Kier alpha value is -2.40. The smallest absolute Gasteiger partial charge is 0.138 e. The normalized spacial score (nSPS) is 15.4. The summed E-state index contributed by atoms with van der Waals surface area (Å²) in [6, 6.07) is 11.7. The van der Waals surface area contributed by atoms with Gasteiger partial charge in [-0.25, -0.2) is 9.37 Å². The van der Waals surface area contributed by atoms with E-state index in [-0.39, 0.29) is 5.82 Å². The summed E-state index contributed by atoms with van der Waals surface area (Å²) in [4.78, 5) is 12.7. The number of nitrogens with one attached hydrogen (secondary N) is 1. The minimum atomic E-state index is -0.216. The van der Waals surface area contributed by atoms with Gasteiger partial charge in [0.2, 0.25) is 0 Å². The number of likely N-dealkylation sites (N-methyl/N-ethyl adjacent to an activating group) is 1. The number of aryl methyl sites for hydroxylation is 1. The summed E-state index contributed by atoms with van der Waals surface area (Å²) in [5, 5.41) is 0. The highest BCUT2D eigenvalue weighted by molar-refractivity contribution is 5.80. The van der Waals surface area contributed by atoms with Crippen molar-refractivity contribution in [3.05, 3.63) is 47.8 Å². The van der Waals surface area contributed by atoms with Crippen LogP contribution in [0.5, 0.6) is 0 Å². The van der Waals surface area contributed by atoms with Gasteiger partial charge in [-0.2, -0.15) is 0 Å². The fraction of sp³-hybridized carbons (Fsp3) is 0.409. The highest BCUT2D eigenvalue weighted by Gasteiger charge is 2.12. The van der Waals surface area contributed by atoms with Gasteiger partial charge in [0.05, 0.1) is 11.0 Å². The van der Waals surface area contributed by atoms with Crippen molar-refractivity contribution in [1.82, 2.24) is 14.9 Å². The molecule has 3 aromatic rings. The Morgan fingerprint density at radius 1 is 1.11 bits per heavy atom. The lowest BCUT2D eigenvalue weighted by atomic mass is 10.1. The van der Waals surface area contributed by atoms with E-state index in [1.165, 1.54) is 44.1 Å². The molecule has 1 saturated heterocycles. The number of hydrogen-bond acceptors (Lipinski definition) is 3. The molecule has 4 nitrogen and oxygen atoms in total. The summed E-state index contributed by atoms with van der Waals surface area (Å²) in [6.45, 7) is 6.39. The Bertz CT molecular complexity index is 871. The van der Waals surface area contributed by atoms with Gasteiger partial charge in [-0.1, -0.05) is 6.42 Å². The van der Waals surface area contributed by atoms with Crippen molar-refractivity contribution in [1.29, 1.82) is 0 Å². The second-order valence-electron chi connectivity index (χ2n) is 7.57. The van der Waals surface area contributed by atoms with Gasteiger partial charge in [0.25, 0.3) is 0 Å². The van der Waals surface area contributed by atoms with Crippen molar-refractivity contribution in [2.75, 3.05) is 38.1 Å². The Kier molecular flexibility index (Phi) is 5.12. The van der Waals surface area contributed by atoms with E-state index in [0.29, 0.717) is 11.1 Å². The Balaban J connectivity index is 1.45. The molecule has 2 aromatic carbocycles. The molecule has 2 heterocycles. The molecule has 1 fully saturated rings. The maximum atomic E-state index is 13.7. The monoisotopic (exact) mass is 366 g/mol. The summed E-state index contributed by atoms with van der Waals surface area (Å²) < 4.78 is 13.7. The van der Waals surface area contributed by atoms with Crippen LogP contribution in [-0.2, 0) is 0 Å². The summed E-state index contributed by atoms with van der Waals surface area (Å²) in [5.74, 6) is 0.559. The number of benzene rings is 2. The number of likely N-dealkylation sites (tertiary alicyclic amines) is 1. The van der Waals surface area contributed by atoms with Crippen LogP contribution in [0, 0.1) is 12.7 Å². The number of nitrogens with zero attached hydrogens (tertiary/aromatic N) is 3. The van der Waals surface area contributed by atoms with E-state index >= 15 is 0 Å². The fourth-order valence-corrected chi connectivity index (χ4v) is 3.75. The van der Waals surface area contributed by atoms with Crippen LogP contribution in [0.4, 0.5) is 10.1 Å². The Morgan fingerprint density at radius 3 is 2.59 bits per heavy atom. The van der Waals surface area contributed by atoms with Gasteiger partial charge in [0.15, 0.2) is 0 Å². The second-order valence-corrected chi connectivity index (χ2v) is 7.57. The van der Waals surface area contributed by atoms with E-state index in [4.69, 9.17) is 0 Å². The molecule has 0 atom stereocenters. The van der Waals surface area contributed by atoms with Crippen molar-refractivity contribution < 1.29 is 4.39 Å². The lowest BCUT2D eigenvalue weighted by Gasteiger charge is -2.29. The number of anilines is 1. The first-order chi connectivity index (χ1) is 13.1. The van der Waals surface area contributed by atoms with Crippen molar-refractivity contribution in [3.8, 4) is 11.4 Å². The van der Waals surface area contributed by atoms with E-state index in [2.05, 4.69) is 51.1 Å². The topological polar surface area (TPSA) is 35.2 Å². The average molecular weight is 366 g/mol. The maximum Gasteiger partial charge on any atom is 0.138 e. The molecule has 0 saturated carbocycles.